The summed E-state index contributed by atoms with van der Waals surface area (Å²) in [6, 6.07) is 18.1. The van der Waals surface area contributed by atoms with Crippen LogP contribution in [0.4, 0.5) is 0 Å². The number of nitrogens with zero attached hydrogens (tertiary/aromatic N) is 4. The zero-order chi connectivity index (χ0) is 20.9. The van der Waals surface area contributed by atoms with E-state index in [1.54, 1.807) is 6.08 Å². The van der Waals surface area contributed by atoms with Gasteiger partial charge in [0.2, 0.25) is 17.6 Å². The minimum atomic E-state index is 0.0652. The van der Waals surface area contributed by atoms with Gasteiger partial charge in [-0.05, 0) is 25.0 Å². The van der Waals surface area contributed by atoms with E-state index in [0.29, 0.717) is 31.3 Å². The summed E-state index contributed by atoms with van der Waals surface area (Å²) in [6.07, 6.45) is 1.73. The number of benzene rings is 2. The highest BCUT2D eigenvalue weighted by atomic mass is 16.5. The molecule has 2 aromatic carbocycles. The molecule has 0 atom stereocenters. The second-order valence-electron chi connectivity index (χ2n) is 7.67. The number of aryl methyl sites for hydroxylation is 1. The van der Waals surface area contributed by atoms with Crippen LogP contribution < -0.4 is 0 Å². The molecule has 3 aromatic rings. The standard InChI is InChI=1S/C24H26N4O2/c1-18-8-10-21(11-9-18)24-25-22(30-26-24)17-27-12-14-28(15-13-27)23(29)16-19(2)20-6-4-3-5-7-20/h3-11,16H,12-15,17H2,1-2H3/b19-16+. The summed E-state index contributed by atoms with van der Waals surface area (Å²) in [5.41, 5.74) is 4.21. The Balaban J connectivity index is 1.31. The predicted octanol–water partition coefficient (Wildman–Crippen LogP) is 3.79. The van der Waals surface area contributed by atoms with Crippen molar-refractivity contribution < 1.29 is 9.32 Å². The lowest BCUT2D eigenvalue weighted by atomic mass is 10.1. The fourth-order valence-corrected chi connectivity index (χ4v) is 3.52. The lowest BCUT2D eigenvalue weighted by Gasteiger charge is -2.33. The molecular weight excluding hydrogens is 376 g/mol. The molecule has 4 rings (SSSR count). The third kappa shape index (κ3) is 4.83. The summed E-state index contributed by atoms with van der Waals surface area (Å²) >= 11 is 0. The minimum Gasteiger partial charge on any atom is -0.338 e. The topological polar surface area (TPSA) is 62.5 Å². The Morgan fingerprint density at radius 2 is 1.73 bits per heavy atom. The Labute approximate surface area is 176 Å². The van der Waals surface area contributed by atoms with E-state index in [4.69, 9.17) is 4.52 Å². The Kier molecular flexibility index (Phi) is 6.05. The van der Waals surface area contributed by atoms with Crippen molar-refractivity contribution in [2.45, 2.75) is 20.4 Å². The summed E-state index contributed by atoms with van der Waals surface area (Å²) in [5.74, 6) is 1.28. The van der Waals surface area contributed by atoms with Crippen LogP contribution in [0.2, 0.25) is 0 Å². The van der Waals surface area contributed by atoms with Crippen molar-refractivity contribution in [2.75, 3.05) is 26.2 Å². The van der Waals surface area contributed by atoms with Gasteiger partial charge in [0.15, 0.2) is 0 Å². The number of aromatic nitrogens is 2. The zero-order valence-corrected chi connectivity index (χ0v) is 17.4. The Hall–Kier alpha value is -3.25. The molecule has 1 aromatic heterocycles. The maximum Gasteiger partial charge on any atom is 0.246 e. The fourth-order valence-electron chi connectivity index (χ4n) is 3.52. The average Bonchev–Trinajstić information content (AvgIpc) is 3.23. The van der Waals surface area contributed by atoms with Crippen molar-refractivity contribution in [3.63, 3.8) is 0 Å². The number of hydrogen-bond acceptors (Lipinski definition) is 5. The lowest BCUT2D eigenvalue weighted by Crippen LogP contribution is -2.47. The zero-order valence-electron chi connectivity index (χ0n) is 17.4. The van der Waals surface area contributed by atoms with Crippen molar-refractivity contribution in [3.8, 4) is 11.4 Å². The molecule has 1 fully saturated rings. The quantitative estimate of drug-likeness (QED) is 0.608. The second-order valence-corrected chi connectivity index (χ2v) is 7.67. The van der Waals surface area contributed by atoms with Crippen LogP contribution >= 0.6 is 0 Å². The largest absolute Gasteiger partial charge is 0.338 e. The van der Waals surface area contributed by atoms with Gasteiger partial charge in [0.1, 0.15) is 0 Å². The van der Waals surface area contributed by atoms with Gasteiger partial charge in [-0.3, -0.25) is 9.69 Å². The maximum absolute atomic E-state index is 12.6. The maximum atomic E-state index is 12.6. The van der Waals surface area contributed by atoms with Gasteiger partial charge in [0, 0.05) is 37.8 Å². The number of amides is 1. The number of carbonyl (C=O) groups is 1. The molecule has 0 spiro atoms. The highest BCUT2D eigenvalue weighted by Gasteiger charge is 2.22. The molecule has 0 N–H and O–H groups in total. The smallest absolute Gasteiger partial charge is 0.246 e. The first kappa shape index (κ1) is 20.0. The number of piperazine rings is 1. The van der Waals surface area contributed by atoms with Gasteiger partial charge in [0.25, 0.3) is 0 Å². The predicted molar refractivity (Wildman–Crippen MR) is 116 cm³/mol. The molecule has 0 aliphatic carbocycles. The van der Waals surface area contributed by atoms with Crippen LogP contribution in [-0.2, 0) is 11.3 Å². The molecule has 0 bridgehead atoms. The first-order chi connectivity index (χ1) is 14.6. The van der Waals surface area contributed by atoms with Gasteiger partial charge >= 0.3 is 0 Å². The van der Waals surface area contributed by atoms with E-state index in [1.807, 2.05) is 66.4 Å². The summed E-state index contributed by atoms with van der Waals surface area (Å²) in [6.45, 7) is 7.57. The Bertz CT molecular complexity index is 1020. The second kappa shape index (κ2) is 9.05. The molecule has 2 heterocycles. The van der Waals surface area contributed by atoms with Crippen molar-refractivity contribution in [1.82, 2.24) is 19.9 Å². The van der Waals surface area contributed by atoms with E-state index in [-0.39, 0.29) is 5.91 Å². The number of carbonyl (C=O) groups excluding carboxylic acids is 1. The summed E-state index contributed by atoms with van der Waals surface area (Å²) in [5, 5.41) is 4.10. The summed E-state index contributed by atoms with van der Waals surface area (Å²) in [7, 11) is 0. The molecule has 0 saturated carbocycles. The molecule has 30 heavy (non-hydrogen) atoms. The van der Waals surface area contributed by atoms with Gasteiger partial charge in [-0.1, -0.05) is 65.3 Å². The Morgan fingerprint density at radius 3 is 2.43 bits per heavy atom. The number of hydrogen-bond donors (Lipinski definition) is 0. The van der Waals surface area contributed by atoms with Crippen molar-refractivity contribution >= 4 is 11.5 Å². The minimum absolute atomic E-state index is 0.0652. The molecule has 1 amide bonds. The van der Waals surface area contributed by atoms with E-state index in [2.05, 4.69) is 22.0 Å². The van der Waals surface area contributed by atoms with Crippen LogP contribution in [0.3, 0.4) is 0 Å². The van der Waals surface area contributed by atoms with Crippen molar-refractivity contribution in [1.29, 1.82) is 0 Å². The lowest BCUT2D eigenvalue weighted by molar-refractivity contribution is -0.127. The van der Waals surface area contributed by atoms with Crippen LogP contribution in [0.1, 0.15) is 23.9 Å². The molecule has 0 unspecified atom stereocenters. The number of rotatable bonds is 5. The van der Waals surface area contributed by atoms with Crippen LogP contribution in [-0.4, -0.2) is 52.0 Å². The van der Waals surface area contributed by atoms with Gasteiger partial charge in [0.05, 0.1) is 6.54 Å². The normalized spacial score (nSPS) is 15.4. The van der Waals surface area contributed by atoms with Gasteiger partial charge < -0.3 is 9.42 Å². The fraction of sp³-hybridized carbons (Fsp3) is 0.292. The van der Waals surface area contributed by atoms with Crippen molar-refractivity contribution in [2.24, 2.45) is 0 Å². The molecule has 1 saturated heterocycles. The highest BCUT2D eigenvalue weighted by molar-refractivity contribution is 5.94. The molecule has 0 radical (unpaired) electrons. The van der Waals surface area contributed by atoms with E-state index in [1.165, 1.54) is 5.56 Å². The third-order valence-corrected chi connectivity index (χ3v) is 5.39. The van der Waals surface area contributed by atoms with E-state index in [0.717, 1.165) is 29.8 Å². The molecule has 1 aliphatic rings. The molecule has 6 heteroatoms. The van der Waals surface area contributed by atoms with Gasteiger partial charge in [-0.15, -0.1) is 0 Å². The van der Waals surface area contributed by atoms with Crippen LogP contribution in [0.25, 0.3) is 17.0 Å². The molecule has 154 valence electrons. The molecule has 6 nitrogen and oxygen atoms in total. The number of allylic oxidation sites excluding steroid dienone is 1. The average molecular weight is 402 g/mol. The first-order valence-corrected chi connectivity index (χ1v) is 10.2. The first-order valence-electron chi connectivity index (χ1n) is 10.2. The van der Waals surface area contributed by atoms with Crippen molar-refractivity contribution in [3.05, 3.63) is 77.7 Å². The highest BCUT2D eigenvalue weighted by Crippen LogP contribution is 2.18. The SMILES string of the molecule is C/C(=C\C(=O)N1CCN(Cc2nc(-c3ccc(C)cc3)no2)CC1)c1ccccc1. The monoisotopic (exact) mass is 402 g/mol. The van der Waals surface area contributed by atoms with E-state index >= 15 is 0 Å². The molecule has 1 aliphatic heterocycles. The summed E-state index contributed by atoms with van der Waals surface area (Å²) in [4.78, 5) is 21.3. The van der Waals surface area contributed by atoms with Gasteiger partial charge in [-0.2, -0.15) is 4.98 Å². The Morgan fingerprint density at radius 1 is 1.03 bits per heavy atom. The van der Waals surface area contributed by atoms with Gasteiger partial charge in [-0.25, -0.2) is 0 Å². The summed E-state index contributed by atoms with van der Waals surface area (Å²) < 4.78 is 5.44. The van der Waals surface area contributed by atoms with Crippen LogP contribution in [0.15, 0.2) is 65.2 Å². The van der Waals surface area contributed by atoms with Crippen LogP contribution in [0, 0.1) is 6.92 Å². The van der Waals surface area contributed by atoms with E-state index < -0.39 is 0 Å². The van der Waals surface area contributed by atoms with E-state index in [9.17, 15) is 4.79 Å². The molecular formula is C24H26N4O2. The third-order valence-electron chi connectivity index (χ3n) is 5.39. The van der Waals surface area contributed by atoms with Crippen LogP contribution in [0.5, 0.6) is 0 Å².